The van der Waals surface area contributed by atoms with Crippen molar-refractivity contribution in [1.29, 1.82) is 0 Å². The summed E-state index contributed by atoms with van der Waals surface area (Å²) in [5.41, 5.74) is 2.04. The van der Waals surface area contributed by atoms with Gasteiger partial charge in [0, 0.05) is 38.1 Å². The number of carbonyl (C=O) groups excluding carboxylic acids is 1. The van der Waals surface area contributed by atoms with Crippen LogP contribution >= 0.6 is 0 Å². The van der Waals surface area contributed by atoms with E-state index in [0.29, 0.717) is 0 Å². The third-order valence-corrected chi connectivity index (χ3v) is 4.01. The average Bonchev–Trinajstić information content (AvgIpc) is 2.87. The van der Waals surface area contributed by atoms with Gasteiger partial charge < -0.3 is 5.11 Å². The van der Waals surface area contributed by atoms with Crippen LogP contribution in [0.5, 0.6) is 0 Å². The molecule has 0 saturated heterocycles. The van der Waals surface area contributed by atoms with Gasteiger partial charge in [-0.15, -0.1) is 17.5 Å². The first-order chi connectivity index (χ1) is 16.1. The summed E-state index contributed by atoms with van der Waals surface area (Å²) in [5, 5.41) is 13.2. The molecule has 34 heavy (non-hydrogen) atoms. The van der Waals surface area contributed by atoms with Crippen LogP contribution in [0.4, 0.5) is 0 Å². The number of aliphatic hydroxyl groups excluding tert-OH is 1. The molecule has 3 aromatic carbocycles. The minimum atomic E-state index is -0.125. The fourth-order valence-electron chi connectivity index (χ4n) is 2.97. The van der Waals surface area contributed by atoms with Gasteiger partial charge in [-0.3, -0.25) is 9.78 Å². The summed E-state index contributed by atoms with van der Waals surface area (Å²) in [6, 6.07) is 26.3. The van der Waals surface area contributed by atoms with Crippen molar-refractivity contribution in [3.8, 4) is 11.3 Å². The van der Waals surface area contributed by atoms with Crippen LogP contribution in [-0.4, -0.2) is 15.9 Å². The van der Waals surface area contributed by atoms with Crippen LogP contribution < -0.4 is 0 Å². The largest absolute Gasteiger partial charge is 0.512 e. The first-order valence-corrected chi connectivity index (χ1v) is 11.7. The Balaban J connectivity index is 0. The summed E-state index contributed by atoms with van der Waals surface area (Å²) in [7, 11) is 0. The molecule has 3 nitrogen and oxygen atoms in total. The van der Waals surface area contributed by atoms with Crippen molar-refractivity contribution >= 4 is 27.3 Å². The van der Waals surface area contributed by atoms with Crippen molar-refractivity contribution in [3.63, 3.8) is 0 Å². The molecule has 4 rings (SSSR count). The van der Waals surface area contributed by atoms with Gasteiger partial charge >= 0.3 is 0 Å². The van der Waals surface area contributed by atoms with E-state index in [4.69, 9.17) is 5.11 Å². The number of benzene rings is 3. The van der Waals surface area contributed by atoms with Gasteiger partial charge in [0.25, 0.3) is 0 Å². The average molecular weight is 637 g/mol. The predicted octanol–water partition coefficient (Wildman–Crippen LogP) is 8.97. The van der Waals surface area contributed by atoms with E-state index in [9.17, 15) is 4.79 Å². The number of hydrogen-bond acceptors (Lipinski definition) is 3. The predicted molar refractivity (Wildman–Crippen MR) is 145 cm³/mol. The Morgan fingerprint density at radius 1 is 0.765 bits per heavy atom. The monoisotopic (exact) mass is 637 g/mol. The molecule has 4 aromatic rings. The van der Waals surface area contributed by atoms with Gasteiger partial charge in [0.1, 0.15) is 0 Å². The summed E-state index contributed by atoms with van der Waals surface area (Å²) in [6.45, 7) is 14.8. The van der Waals surface area contributed by atoms with Crippen LogP contribution in [0.2, 0.25) is 0 Å². The van der Waals surface area contributed by atoms with E-state index in [1.807, 2.05) is 65.9 Å². The second-order valence-electron chi connectivity index (χ2n) is 6.20. The molecule has 0 saturated carbocycles. The number of hydrogen-bond donors (Lipinski definition) is 1. The third-order valence-electron chi connectivity index (χ3n) is 4.01. The van der Waals surface area contributed by atoms with Crippen LogP contribution in [-0.2, 0) is 24.9 Å². The Labute approximate surface area is 219 Å². The molecule has 1 radical (unpaired) electrons. The number of aromatic nitrogens is 1. The van der Waals surface area contributed by atoms with E-state index >= 15 is 0 Å². The number of fused-ring (bicyclic) bond motifs is 3. The minimum Gasteiger partial charge on any atom is -0.512 e. The molecular formula is C30H38IrNO2-. The van der Waals surface area contributed by atoms with E-state index < -0.39 is 0 Å². The first-order valence-electron chi connectivity index (χ1n) is 11.7. The first kappa shape index (κ1) is 33.4. The Kier molecular flexibility index (Phi) is 19.3. The number of nitrogens with zero attached hydrogens (tertiary/aromatic N) is 1. The van der Waals surface area contributed by atoms with E-state index in [1.165, 1.54) is 36.1 Å². The summed E-state index contributed by atoms with van der Waals surface area (Å²) in [4.78, 5) is 14.5. The maximum Gasteiger partial charge on any atom is 0.155 e. The topological polar surface area (TPSA) is 50.2 Å². The quantitative estimate of drug-likeness (QED) is 0.103. The molecule has 0 aliphatic carbocycles. The fourth-order valence-corrected chi connectivity index (χ4v) is 2.97. The van der Waals surface area contributed by atoms with Crippen molar-refractivity contribution in [2.24, 2.45) is 0 Å². The van der Waals surface area contributed by atoms with Gasteiger partial charge in [-0.25, -0.2) is 0 Å². The zero-order valence-electron chi connectivity index (χ0n) is 21.6. The second kappa shape index (κ2) is 19.6. The Hall–Kier alpha value is -2.81. The van der Waals surface area contributed by atoms with Crippen molar-refractivity contribution in [1.82, 2.24) is 4.98 Å². The SMILES string of the molecule is CC.CC.CC.CC(=O)C=C(C)O.[Ir].[c-]1c(-c2ccccn2)c2ccccc2c2ccccc12. The van der Waals surface area contributed by atoms with Crippen molar-refractivity contribution in [3.05, 3.63) is 90.8 Å². The molecule has 1 heterocycles. The molecule has 4 heteroatoms. The van der Waals surface area contributed by atoms with Gasteiger partial charge in [-0.05, 0) is 19.9 Å². The standard InChI is InChI=1S/C19H12N.C5H8O2.3C2H6.Ir/c1-2-8-15-14(7-1)13-18(19-11-5-6-12-20-19)17-10-4-3-9-16(15)17;1-4(6)3-5(2)7;3*1-2;/h1-12H;3,6H,1-2H3;3*1-2H3;/q-1;;;;;. The zero-order chi connectivity index (χ0) is 25.2. The summed E-state index contributed by atoms with van der Waals surface area (Å²) >= 11 is 0. The number of pyridine rings is 1. The molecular weight excluding hydrogens is 599 g/mol. The molecule has 0 bridgehead atoms. The number of rotatable bonds is 2. The van der Waals surface area contributed by atoms with Gasteiger partial charge in [0.05, 0.1) is 5.76 Å². The van der Waals surface area contributed by atoms with Crippen LogP contribution in [0.25, 0.3) is 32.8 Å². The zero-order valence-corrected chi connectivity index (χ0v) is 24.0. The molecule has 0 unspecified atom stereocenters. The number of carbonyl (C=O) groups is 1. The maximum atomic E-state index is 10.0. The molecule has 1 N–H and O–H groups in total. The Bertz CT molecular complexity index is 1120. The Morgan fingerprint density at radius 3 is 1.74 bits per heavy atom. The smallest absolute Gasteiger partial charge is 0.155 e. The summed E-state index contributed by atoms with van der Waals surface area (Å²) < 4.78 is 0. The minimum absolute atomic E-state index is 0. The van der Waals surface area contributed by atoms with Gasteiger partial charge in [-0.1, -0.05) is 118 Å². The number of ketones is 1. The Morgan fingerprint density at radius 2 is 1.26 bits per heavy atom. The van der Waals surface area contributed by atoms with Gasteiger partial charge in [-0.2, -0.15) is 0 Å². The summed E-state index contributed by atoms with van der Waals surface area (Å²) in [6.07, 6.45) is 2.99. The molecule has 0 atom stereocenters. The van der Waals surface area contributed by atoms with Gasteiger partial charge in [0.15, 0.2) is 5.78 Å². The maximum absolute atomic E-state index is 10.0. The van der Waals surface area contributed by atoms with Gasteiger partial charge in [0.2, 0.25) is 0 Å². The van der Waals surface area contributed by atoms with Crippen LogP contribution in [0.15, 0.2) is 84.8 Å². The molecule has 0 spiro atoms. The van der Waals surface area contributed by atoms with Crippen LogP contribution in [0.1, 0.15) is 55.4 Å². The molecule has 185 valence electrons. The van der Waals surface area contributed by atoms with Crippen molar-refractivity contribution in [2.75, 3.05) is 0 Å². The second-order valence-corrected chi connectivity index (χ2v) is 6.20. The van der Waals surface area contributed by atoms with E-state index in [1.54, 1.807) is 0 Å². The van der Waals surface area contributed by atoms with E-state index in [2.05, 4.69) is 59.6 Å². The van der Waals surface area contributed by atoms with Crippen LogP contribution in [0.3, 0.4) is 0 Å². The van der Waals surface area contributed by atoms with Crippen LogP contribution in [0, 0.1) is 6.07 Å². The molecule has 0 aliphatic heterocycles. The fraction of sp³-hybridized carbons (Fsp3) is 0.267. The third kappa shape index (κ3) is 10.4. The van der Waals surface area contributed by atoms with Crippen molar-refractivity contribution in [2.45, 2.75) is 55.4 Å². The number of aliphatic hydroxyl groups is 1. The normalized spacial score (nSPS) is 9.35. The molecule has 0 amide bonds. The van der Waals surface area contributed by atoms with E-state index in [-0.39, 0.29) is 31.6 Å². The molecule has 0 aliphatic rings. The number of allylic oxidation sites excluding steroid dienone is 2. The van der Waals surface area contributed by atoms with Crippen molar-refractivity contribution < 1.29 is 30.0 Å². The van der Waals surface area contributed by atoms with E-state index in [0.717, 1.165) is 16.6 Å². The molecule has 1 aromatic heterocycles. The summed E-state index contributed by atoms with van der Waals surface area (Å²) in [5.74, 6) is -0.0625. The molecule has 0 fully saturated rings.